The number of imidazole rings is 2. The second kappa shape index (κ2) is 33.0. The van der Waals surface area contributed by atoms with Crippen molar-refractivity contribution in [3.63, 3.8) is 0 Å². The number of nitrogen functional groups attached to an aromatic ring is 1. The van der Waals surface area contributed by atoms with Crippen LogP contribution in [0, 0.1) is 11.8 Å². The molecule has 3 unspecified atom stereocenters. The number of primary amides is 1. The average molecular weight is 1450 g/mol. The average Bonchev–Trinajstić information content (AvgIpc) is 1.61. The predicted octanol–water partition coefficient (Wildman–Crippen LogP) is 2.93. The third-order valence-electron chi connectivity index (χ3n) is 15.6. The molecular formula is C56H73N17O21P2S2. The Hall–Kier alpha value is -8.40. The number of anilines is 3. The fraction of sp³-hybridized carbons (Fsp3) is 0.518. The van der Waals surface area contributed by atoms with Crippen molar-refractivity contribution in [2.75, 3.05) is 62.9 Å². The van der Waals surface area contributed by atoms with E-state index in [2.05, 4.69) is 75.3 Å². The van der Waals surface area contributed by atoms with Crippen molar-refractivity contribution in [1.82, 2.24) is 65.0 Å². The number of thiol groups is 1. The second-order valence-electron chi connectivity index (χ2n) is 22.9. The van der Waals surface area contributed by atoms with Gasteiger partial charge in [-0.05, 0) is 55.2 Å². The van der Waals surface area contributed by atoms with E-state index < -0.39 is 141 Å². The second-order valence-corrected chi connectivity index (χ2v) is 28.5. The molecule has 98 heavy (non-hydrogen) atoms. The summed E-state index contributed by atoms with van der Waals surface area (Å²) in [6.07, 6.45) is -2.47. The SMILES string of the molecule is C=C[C@@H]1[C@@H]2OP(O)(=S)OCC3O[C@@H](n4cnc5c(NC(=O)OCCN(C)C(=O)OCc6ccc(NC(=O)[C@H](CCCNC(N)=O)NC(=O)[C@@H](NC(=O)CCOCCC(=O)ON7C(=O)CCC7=O)C(C)C)cc6)ncnc54)C[C@@H]3OP(=O)(S)O[C@H](C)[C@H]2O[C@H]1n1cnc2c(N)ncnc21. The summed E-state index contributed by atoms with van der Waals surface area (Å²) in [6, 6.07) is 3.20. The van der Waals surface area contributed by atoms with Crippen LogP contribution in [0.25, 0.3) is 22.3 Å². The third kappa shape index (κ3) is 19.1. The van der Waals surface area contributed by atoms with Crippen molar-refractivity contribution in [3.05, 3.63) is 67.8 Å². The topological polar surface area (TPSA) is 489 Å². The molecule has 1 aromatic carbocycles. The van der Waals surface area contributed by atoms with Gasteiger partial charge in [0.2, 0.25) is 17.7 Å². The van der Waals surface area contributed by atoms with Crippen LogP contribution in [0.2, 0.25) is 0 Å². The van der Waals surface area contributed by atoms with E-state index in [0.717, 1.165) is 6.33 Å². The molecule has 9 amide bonds. The first-order chi connectivity index (χ1) is 46.7. The summed E-state index contributed by atoms with van der Waals surface area (Å²) >= 11 is 9.86. The van der Waals surface area contributed by atoms with E-state index in [1.807, 2.05) is 0 Å². The monoisotopic (exact) mass is 1450 g/mol. The number of amides is 9. The van der Waals surface area contributed by atoms with Gasteiger partial charge >= 0.3 is 37.7 Å². The minimum Gasteiger partial charge on any atom is -0.447 e. The van der Waals surface area contributed by atoms with Gasteiger partial charge in [-0.2, -0.15) is 0 Å². The van der Waals surface area contributed by atoms with Crippen molar-refractivity contribution >= 4 is 131 Å². The molecule has 0 aliphatic carbocycles. The van der Waals surface area contributed by atoms with Crippen molar-refractivity contribution in [3.8, 4) is 0 Å². The Morgan fingerprint density at radius 1 is 0.867 bits per heavy atom. The molecular weight excluding hydrogens is 1370 g/mol. The van der Waals surface area contributed by atoms with Gasteiger partial charge in [0.15, 0.2) is 28.4 Å². The highest BCUT2D eigenvalue weighted by molar-refractivity contribution is 8.44. The number of hydrogen-bond donors (Lipinski definition) is 9. The number of rotatable bonds is 26. The van der Waals surface area contributed by atoms with E-state index in [-0.39, 0.29) is 107 Å². The standard InChI is InChI=1S/C56H73N17O21P2S2/c1-6-33-46-45(90-53(33)72-28-64-43-47(57)60-25-62-49(43)72)30(4)92-96(84,98)93-35-22-40(89-36(35)24-88-95(83,97)94-46)71-27-65-44-48(61-26-63-50(44)71)69-55(81)86-21-18-70(5)56(82)87-23-31-9-11-32(12-10-31)66-51(78)34(8-7-17-59-54(58)80)67-52(79)42(29(2)3)68-37(74)15-19-85-20-16-41(77)91-73-38(75)13-14-39(73)76/h6,9-12,25-30,33-36,40,42,45-46,53H,1,7-8,13-24H2,2-5H3,(H,66,78)(H,67,79)(H,68,74)(H,83,97)(H,84,98)(H2,57,60,62)(H3,58,59,80)(H,61,63,69,81)/t30-,33-,34+,35+,36?,40-,42+,45-,46+,53-,95?,96?/m1/s1. The van der Waals surface area contributed by atoms with Crippen LogP contribution < -0.4 is 38.1 Å². The highest BCUT2D eigenvalue weighted by atomic mass is 32.7. The molecule has 4 aliphatic rings. The molecule has 42 heteroatoms. The zero-order valence-corrected chi connectivity index (χ0v) is 56.6. The zero-order chi connectivity index (χ0) is 70.6. The lowest BCUT2D eigenvalue weighted by Gasteiger charge is -2.32. The van der Waals surface area contributed by atoms with E-state index >= 15 is 0 Å². The first-order valence-corrected chi connectivity index (χ1v) is 35.8. The van der Waals surface area contributed by atoms with E-state index in [1.165, 1.54) is 53.7 Å². The maximum absolute atomic E-state index is 14.1. The molecule has 4 fully saturated rings. The molecule has 4 aliphatic heterocycles. The fourth-order valence-corrected chi connectivity index (χ4v) is 14.0. The van der Waals surface area contributed by atoms with Crippen LogP contribution in [0.15, 0.2) is 62.2 Å². The number of nitrogens with two attached hydrogens (primary N) is 2. The number of carbonyl (C=O) groups is 9. The molecule has 8 heterocycles. The van der Waals surface area contributed by atoms with Gasteiger partial charge in [0.25, 0.3) is 11.8 Å². The fourth-order valence-electron chi connectivity index (χ4n) is 10.6. The summed E-state index contributed by atoms with van der Waals surface area (Å²) in [7, 11) is 1.42. The van der Waals surface area contributed by atoms with Crippen LogP contribution in [0.1, 0.15) is 83.7 Å². The van der Waals surface area contributed by atoms with Crippen molar-refractivity contribution < 1.29 is 99.2 Å². The van der Waals surface area contributed by atoms with E-state index in [4.69, 9.17) is 69.9 Å². The molecule has 0 bridgehead atoms. The Morgan fingerprint density at radius 3 is 2.28 bits per heavy atom. The zero-order valence-electron chi connectivity index (χ0n) is 53.1. The van der Waals surface area contributed by atoms with E-state index in [9.17, 15) is 52.6 Å². The summed E-state index contributed by atoms with van der Waals surface area (Å²) in [6.45, 7) is -0.761. The Balaban J connectivity index is 0.718. The highest BCUT2D eigenvalue weighted by Gasteiger charge is 2.53. The molecule has 38 nitrogen and oxygen atoms in total. The van der Waals surface area contributed by atoms with Gasteiger partial charge in [-0.1, -0.05) is 44.3 Å². The van der Waals surface area contributed by atoms with Crippen LogP contribution in [0.4, 0.5) is 31.7 Å². The maximum Gasteiger partial charge on any atom is 0.412 e. The van der Waals surface area contributed by atoms with Gasteiger partial charge in [-0.15, -0.1) is 11.6 Å². The van der Waals surface area contributed by atoms with Gasteiger partial charge < -0.3 is 80.1 Å². The van der Waals surface area contributed by atoms with Gasteiger partial charge in [0.1, 0.15) is 80.3 Å². The largest absolute Gasteiger partial charge is 0.447 e. The lowest BCUT2D eigenvalue weighted by atomic mass is 9.97. The number of fused-ring (bicyclic) bond motifs is 4. The number of carbonyl (C=O) groups excluding carboxylic acids is 9. The Kier molecular flexibility index (Phi) is 24.8. The lowest BCUT2D eigenvalue weighted by molar-refractivity contribution is -0.198. The number of aromatic nitrogens is 8. The first-order valence-electron chi connectivity index (χ1n) is 30.6. The number of ether oxygens (including phenoxy) is 5. The maximum atomic E-state index is 14.1. The molecule has 12 atom stereocenters. The van der Waals surface area contributed by atoms with Gasteiger partial charge in [-0.3, -0.25) is 47.5 Å². The molecule has 0 saturated carbocycles. The first kappa shape index (κ1) is 73.8. The normalized spacial score (nSPS) is 24.7. The summed E-state index contributed by atoms with van der Waals surface area (Å²) in [4.78, 5) is 156. The lowest BCUT2D eigenvalue weighted by Crippen LogP contribution is -2.54. The number of nitrogens with one attached hydrogen (secondary N) is 5. The van der Waals surface area contributed by atoms with Crippen LogP contribution in [0.3, 0.4) is 0 Å². The van der Waals surface area contributed by atoms with E-state index in [0.29, 0.717) is 27.5 Å². The highest BCUT2D eigenvalue weighted by Crippen LogP contribution is 2.60. The minimum atomic E-state index is -4.27. The van der Waals surface area contributed by atoms with Gasteiger partial charge in [0, 0.05) is 45.0 Å². The van der Waals surface area contributed by atoms with Crippen LogP contribution in [-0.2, 0) is 98.4 Å². The quantitative estimate of drug-likeness (QED) is 0.0126. The Bertz CT molecular complexity index is 3880. The minimum absolute atomic E-state index is 0.0125. The van der Waals surface area contributed by atoms with Gasteiger partial charge in [0.05, 0.1) is 57.5 Å². The van der Waals surface area contributed by atoms with Crippen LogP contribution in [0.5, 0.6) is 0 Å². The molecule has 4 aromatic heterocycles. The summed E-state index contributed by atoms with van der Waals surface area (Å²) in [5.74, 6) is -5.11. The van der Waals surface area contributed by atoms with Crippen molar-refractivity contribution in [1.29, 1.82) is 0 Å². The number of nitrogens with zero attached hydrogens (tertiary/aromatic N) is 10. The van der Waals surface area contributed by atoms with Gasteiger partial charge in [-0.25, -0.2) is 53.6 Å². The third-order valence-corrected chi connectivity index (χ3v) is 18.8. The molecule has 10 N–H and O–H groups in total. The molecule has 530 valence electrons. The van der Waals surface area contributed by atoms with Crippen molar-refractivity contribution in [2.45, 2.75) is 127 Å². The molecule has 0 radical (unpaired) electrons. The Morgan fingerprint density at radius 2 is 1.56 bits per heavy atom. The Labute approximate surface area is 568 Å². The number of hydrogen-bond acceptors (Lipinski definition) is 28. The molecule has 4 saturated heterocycles. The summed E-state index contributed by atoms with van der Waals surface area (Å²) < 4.78 is 70.3. The smallest absolute Gasteiger partial charge is 0.412 e. The number of imide groups is 1. The summed E-state index contributed by atoms with van der Waals surface area (Å²) in [5, 5.41) is 13.4. The molecule has 0 spiro atoms. The van der Waals surface area contributed by atoms with Crippen molar-refractivity contribution in [2.24, 2.45) is 17.6 Å². The van der Waals surface area contributed by atoms with Crippen LogP contribution >= 0.6 is 25.8 Å². The number of hydroxylamine groups is 2. The van der Waals surface area contributed by atoms with E-state index in [1.54, 1.807) is 37.5 Å². The van der Waals surface area contributed by atoms with Crippen LogP contribution in [-0.4, -0.2) is 197 Å². The number of likely N-dealkylation sites (N-methyl/N-ethyl adjacent to an activating group) is 1. The summed E-state index contributed by atoms with van der Waals surface area (Å²) in [5.41, 5.74) is 13.0. The predicted molar refractivity (Wildman–Crippen MR) is 346 cm³/mol. The molecule has 5 aromatic rings. The number of urea groups is 1. The number of benzene rings is 1. The molecule has 9 rings (SSSR count).